The zero-order valence-corrected chi connectivity index (χ0v) is 14.5. The van der Waals surface area contributed by atoms with E-state index in [1.165, 1.54) is 0 Å². The molecular formula is C19H21N5O. The number of benzene rings is 1. The van der Waals surface area contributed by atoms with E-state index in [1.54, 1.807) is 30.3 Å². The molecule has 0 aliphatic carbocycles. The molecule has 128 valence electrons. The van der Waals surface area contributed by atoms with Crippen LogP contribution < -0.4 is 10.2 Å². The summed E-state index contributed by atoms with van der Waals surface area (Å²) in [5.41, 5.74) is 2.00. The largest absolute Gasteiger partial charge is 0.354 e. The molecule has 2 aromatic rings. The molecule has 6 heteroatoms. The van der Waals surface area contributed by atoms with Gasteiger partial charge in [0, 0.05) is 31.7 Å². The van der Waals surface area contributed by atoms with Crippen molar-refractivity contribution in [1.29, 1.82) is 5.26 Å². The monoisotopic (exact) mass is 335 g/mol. The number of aromatic nitrogens is 1. The summed E-state index contributed by atoms with van der Waals surface area (Å²) in [6.07, 6.45) is 0. The number of nitriles is 1. The number of aryl methyl sites for hydroxylation is 1. The third-order valence-corrected chi connectivity index (χ3v) is 4.37. The van der Waals surface area contributed by atoms with E-state index < -0.39 is 0 Å². The molecule has 1 aliphatic rings. The Bertz CT molecular complexity index is 819. The van der Waals surface area contributed by atoms with Crippen LogP contribution in [0.15, 0.2) is 36.4 Å². The number of nitrogens with zero attached hydrogens (tertiary/aromatic N) is 4. The third-order valence-electron chi connectivity index (χ3n) is 4.37. The van der Waals surface area contributed by atoms with Crippen LogP contribution in [0.1, 0.15) is 21.5 Å². The van der Waals surface area contributed by atoms with Crippen molar-refractivity contribution in [3.05, 3.63) is 53.1 Å². The zero-order chi connectivity index (χ0) is 17.8. The van der Waals surface area contributed by atoms with Gasteiger partial charge in [-0.2, -0.15) is 5.26 Å². The minimum Gasteiger partial charge on any atom is -0.354 e. The van der Waals surface area contributed by atoms with E-state index in [2.05, 4.69) is 27.1 Å². The summed E-state index contributed by atoms with van der Waals surface area (Å²) in [6, 6.07) is 12.5. The molecule has 0 atom stereocenters. The van der Waals surface area contributed by atoms with Crippen LogP contribution in [-0.2, 0) is 0 Å². The summed E-state index contributed by atoms with van der Waals surface area (Å²) >= 11 is 0. The number of nitrogens with one attached hydrogen (secondary N) is 1. The van der Waals surface area contributed by atoms with Crippen LogP contribution in [0.25, 0.3) is 0 Å². The molecule has 0 saturated carbocycles. The summed E-state index contributed by atoms with van der Waals surface area (Å²) in [7, 11) is 2.11. The molecule has 25 heavy (non-hydrogen) atoms. The molecular weight excluding hydrogens is 314 g/mol. The van der Waals surface area contributed by atoms with Crippen LogP contribution in [0.2, 0.25) is 0 Å². The van der Waals surface area contributed by atoms with Crippen LogP contribution in [-0.4, -0.2) is 49.0 Å². The van der Waals surface area contributed by atoms with Gasteiger partial charge in [0.25, 0.3) is 5.91 Å². The summed E-state index contributed by atoms with van der Waals surface area (Å²) in [4.78, 5) is 21.6. The Morgan fingerprint density at radius 2 is 1.96 bits per heavy atom. The number of carbonyl (C=O) groups is 1. The molecule has 0 unspecified atom stereocenters. The standard InChI is InChI=1S/C19H21N5O/c1-14-6-7-17(21-18(14)24-10-8-23(2)9-11-24)22-19(25)16-5-3-4-15(12-16)13-20/h3-7,12H,8-11H2,1-2H3,(H,21,22,25). The Kier molecular flexibility index (Phi) is 4.96. The average molecular weight is 335 g/mol. The van der Waals surface area contributed by atoms with Gasteiger partial charge >= 0.3 is 0 Å². The van der Waals surface area contributed by atoms with Crippen molar-refractivity contribution in [1.82, 2.24) is 9.88 Å². The third kappa shape index (κ3) is 3.95. The predicted molar refractivity (Wildman–Crippen MR) is 97.8 cm³/mol. The number of piperazine rings is 1. The van der Waals surface area contributed by atoms with Gasteiger partial charge in [-0.1, -0.05) is 12.1 Å². The Balaban J connectivity index is 1.78. The normalized spacial score (nSPS) is 14.8. The molecule has 3 rings (SSSR count). The molecule has 1 saturated heterocycles. The fraction of sp³-hybridized carbons (Fsp3) is 0.316. The summed E-state index contributed by atoms with van der Waals surface area (Å²) in [5.74, 6) is 1.17. The Morgan fingerprint density at radius 3 is 2.68 bits per heavy atom. The Morgan fingerprint density at radius 1 is 1.20 bits per heavy atom. The first kappa shape index (κ1) is 16.9. The van der Waals surface area contributed by atoms with Crippen LogP contribution in [0.5, 0.6) is 0 Å². The van der Waals surface area contributed by atoms with Gasteiger partial charge in [-0.25, -0.2) is 4.98 Å². The number of amides is 1. The minimum atomic E-state index is -0.266. The number of anilines is 2. The Hall–Kier alpha value is -2.91. The van der Waals surface area contributed by atoms with Gasteiger partial charge in [-0.15, -0.1) is 0 Å². The van der Waals surface area contributed by atoms with E-state index >= 15 is 0 Å². The highest BCUT2D eigenvalue weighted by molar-refractivity contribution is 6.04. The van der Waals surface area contributed by atoms with Crippen molar-refractivity contribution in [2.24, 2.45) is 0 Å². The molecule has 1 fully saturated rings. The fourth-order valence-electron chi connectivity index (χ4n) is 2.84. The summed E-state index contributed by atoms with van der Waals surface area (Å²) in [6.45, 7) is 5.87. The molecule has 1 aromatic carbocycles. The summed E-state index contributed by atoms with van der Waals surface area (Å²) in [5, 5.41) is 11.8. The molecule has 1 aromatic heterocycles. The van der Waals surface area contributed by atoms with Gasteiger partial charge in [0.2, 0.25) is 0 Å². The highest BCUT2D eigenvalue weighted by Gasteiger charge is 2.18. The number of hydrogen-bond acceptors (Lipinski definition) is 5. The van der Waals surface area contributed by atoms with Gasteiger partial charge < -0.3 is 15.1 Å². The van der Waals surface area contributed by atoms with Crippen LogP contribution >= 0.6 is 0 Å². The first-order valence-electron chi connectivity index (χ1n) is 8.29. The van der Waals surface area contributed by atoms with Crippen molar-refractivity contribution in [3.63, 3.8) is 0 Å². The second-order valence-corrected chi connectivity index (χ2v) is 6.27. The number of likely N-dealkylation sites (N-methyl/N-ethyl adjacent to an activating group) is 1. The number of carbonyl (C=O) groups excluding carboxylic acids is 1. The maximum atomic E-state index is 12.4. The van der Waals surface area contributed by atoms with E-state index in [4.69, 9.17) is 5.26 Å². The summed E-state index contributed by atoms with van der Waals surface area (Å²) < 4.78 is 0. The van der Waals surface area contributed by atoms with E-state index in [9.17, 15) is 4.79 Å². The lowest BCUT2D eigenvalue weighted by Crippen LogP contribution is -2.45. The van der Waals surface area contributed by atoms with Crippen molar-refractivity contribution in [3.8, 4) is 6.07 Å². The number of rotatable bonds is 3. The molecule has 1 aliphatic heterocycles. The molecule has 1 N–H and O–H groups in total. The van der Waals surface area contributed by atoms with E-state index in [0.717, 1.165) is 37.6 Å². The lowest BCUT2D eigenvalue weighted by molar-refractivity contribution is 0.102. The molecule has 0 spiro atoms. The minimum absolute atomic E-state index is 0.266. The molecule has 0 bridgehead atoms. The van der Waals surface area contributed by atoms with Gasteiger partial charge in [0.1, 0.15) is 11.6 Å². The molecule has 1 amide bonds. The SMILES string of the molecule is Cc1ccc(NC(=O)c2cccc(C#N)c2)nc1N1CCN(C)CC1. The van der Waals surface area contributed by atoms with Crippen molar-refractivity contribution >= 4 is 17.5 Å². The van der Waals surface area contributed by atoms with Crippen molar-refractivity contribution in [2.45, 2.75) is 6.92 Å². The highest BCUT2D eigenvalue weighted by atomic mass is 16.1. The van der Waals surface area contributed by atoms with Crippen LogP contribution in [0.4, 0.5) is 11.6 Å². The second kappa shape index (κ2) is 7.32. The van der Waals surface area contributed by atoms with Gasteiger partial charge in [0.15, 0.2) is 0 Å². The first-order valence-corrected chi connectivity index (χ1v) is 8.29. The number of pyridine rings is 1. The molecule has 2 heterocycles. The van der Waals surface area contributed by atoms with E-state index in [-0.39, 0.29) is 5.91 Å². The topological polar surface area (TPSA) is 72.3 Å². The van der Waals surface area contributed by atoms with E-state index in [0.29, 0.717) is 16.9 Å². The van der Waals surface area contributed by atoms with Crippen molar-refractivity contribution < 1.29 is 4.79 Å². The first-order chi connectivity index (χ1) is 12.1. The van der Waals surface area contributed by atoms with Gasteiger partial charge in [-0.05, 0) is 43.8 Å². The lowest BCUT2D eigenvalue weighted by atomic mass is 10.1. The maximum Gasteiger partial charge on any atom is 0.256 e. The maximum absolute atomic E-state index is 12.4. The smallest absolute Gasteiger partial charge is 0.256 e. The van der Waals surface area contributed by atoms with Crippen LogP contribution in [0, 0.1) is 18.3 Å². The molecule has 6 nitrogen and oxygen atoms in total. The molecule has 0 radical (unpaired) electrons. The lowest BCUT2D eigenvalue weighted by Gasteiger charge is -2.34. The average Bonchev–Trinajstić information content (AvgIpc) is 2.64. The highest BCUT2D eigenvalue weighted by Crippen LogP contribution is 2.21. The predicted octanol–water partition coefficient (Wildman–Crippen LogP) is 2.27. The van der Waals surface area contributed by atoms with Gasteiger partial charge in [0.05, 0.1) is 11.6 Å². The second-order valence-electron chi connectivity index (χ2n) is 6.27. The van der Waals surface area contributed by atoms with Crippen molar-refractivity contribution in [2.75, 3.05) is 43.4 Å². The fourth-order valence-corrected chi connectivity index (χ4v) is 2.84. The van der Waals surface area contributed by atoms with E-state index in [1.807, 2.05) is 19.1 Å². The quantitative estimate of drug-likeness (QED) is 0.931. The zero-order valence-electron chi connectivity index (χ0n) is 14.5. The van der Waals surface area contributed by atoms with Gasteiger partial charge in [-0.3, -0.25) is 4.79 Å². The van der Waals surface area contributed by atoms with Crippen LogP contribution in [0.3, 0.4) is 0 Å². The Labute approximate surface area is 147 Å². The number of hydrogen-bond donors (Lipinski definition) is 1.